The molecule has 0 unspecified atom stereocenters. The molecule has 70 valence electrons. The van der Waals surface area contributed by atoms with Gasteiger partial charge in [0.15, 0.2) is 0 Å². The summed E-state index contributed by atoms with van der Waals surface area (Å²) in [6.45, 7) is 8.66. The summed E-state index contributed by atoms with van der Waals surface area (Å²) >= 11 is 0. The van der Waals surface area contributed by atoms with Gasteiger partial charge in [0.05, 0.1) is 6.54 Å². The quantitative estimate of drug-likeness (QED) is 0.634. The maximum Gasteiger partial charge on any atom is 0.409 e. The van der Waals surface area contributed by atoms with E-state index >= 15 is 0 Å². The Morgan fingerprint density at radius 2 is 2.17 bits per heavy atom. The first kappa shape index (κ1) is 9.36. The van der Waals surface area contributed by atoms with E-state index in [0.29, 0.717) is 12.0 Å². The van der Waals surface area contributed by atoms with E-state index in [1.165, 1.54) is 0 Å². The van der Waals surface area contributed by atoms with Crippen molar-refractivity contribution in [1.82, 2.24) is 4.90 Å². The highest BCUT2D eigenvalue weighted by Gasteiger charge is 2.23. The van der Waals surface area contributed by atoms with Gasteiger partial charge in [-0.1, -0.05) is 20.8 Å². The Balaban J connectivity index is 2.27. The van der Waals surface area contributed by atoms with Gasteiger partial charge in [0.25, 0.3) is 0 Å². The van der Waals surface area contributed by atoms with E-state index in [9.17, 15) is 4.79 Å². The van der Waals surface area contributed by atoms with Crippen LogP contribution in [0.15, 0.2) is 0 Å². The van der Waals surface area contributed by atoms with Crippen molar-refractivity contribution >= 4 is 6.09 Å². The highest BCUT2D eigenvalue weighted by molar-refractivity contribution is 5.69. The minimum absolute atomic E-state index is 0.153. The van der Waals surface area contributed by atoms with E-state index in [0.717, 1.165) is 19.5 Å². The maximum atomic E-state index is 11.0. The van der Waals surface area contributed by atoms with Crippen molar-refractivity contribution in [3.8, 4) is 0 Å². The fourth-order valence-corrected chi connectivity index (χ4v) is 1.10. The highest BCUT2D eigenvalue weighted by Crippen LogP contribution is 2.19. The summed E-state index contributed by atoms with van der Waals surface area (Å²) in [5.41, 5.74) is 0.295. The monoisotopic (exact) mass is 171 g/mol. The van der Waals surface area contributed by atoms with Crippen LogP contribution in [-0.4, -0.2) is 30.7 Å². The van der Waals surface area contributed by atoms with E-state index < -0.39 is 0 Å². The molecular weight excluding hydrogens is 154 g/mol. The van der Waals surface area contributed by atoms with Crippen molar-refractivity contribution in [3.63, 3.8) is 0 Å². The number of amides is 1. The fraction of sp³-hybridized carbons (Fsp3) is 0.889. The lowest BCUT2D eigenvalue weighted by molar-refractivity contribution is 0.155. The normalized spacial score (nSPS) is 18.2. The molecule has 0 aromatic carbocycles. The molecule has 0 aliphatic carbocycles. The van der Waals surface area contributed by atoms with E-state index in [4.69, 9.17) is 4.74 Å². The number of nitrogens with zero attached hydrogens (tertiary/aromatic N) is 1. The van der Waals surface area contributed by atoms with Crippen molar-refractivity contribution < 1.29 is 9.53 Å². The zero-order chi connectivity index (χ0) is 9.19. The molecule has 0 spiro atoms. The first-order valence-corrected chi connectivity index (χ1v) is 4.41. The largest absolute Gasteiger partial charge is 0.448 e. The van der Waals surface area contributed by atoms with Gasteiger partial charge in [0, 0.05) is 6.54 Å². The Labute approximate surface area is 73.7 Å². The molecule has 1 fully saturated rings. The topological polar surface area (TPSA) is 29.5 Å². The number of rotatable bonds is 2. The second-order valence-corrected chi connectivity index (χ2v) is 4.41. The van der Waals surface area contributed by atoms with Crippen LogP contribution in [0.1, 0.15) is 27.2 Å². The predicted molar refractivity (Wildman–Crippen MR) is 47.0 cm³/mol. The van der Waals surface area contributed by atoms with Crippen molar-refractivity contribution in [2.24, 2.45) is 5.41 Å². The summed E-state index contributed by atoms with van der Waals surface area (Å²) in [4.78, 5) is 12.8. The third-order valence-corrected chi connectivity index (χ3v) is 1.98. The van der Waals surface area contributed by atoms with E-state index in [1.807, 2.05) is 0 Å². The third-order valence-electron chi connectivity index (χ3n) is 1.98. The third kappa shape index (κ3) is 2.72. The smallest absolute Gasteiger partial charge is 0.409 e. The van der Waals surface area contributed by atoms with Gasteiger partial charge in [-0.25, -0.2) is 4.79 Å². The molecule has 12 heavy (non-hydrogen) atoms. The minimum Gasteiger partial charge on any atom is -0.448 e. The molecule has 0 aromatic rings. The Morgan fingerprint density at radius 1 is 1.50 bits per heavy atom. The number of carbonyl (C=O) groups is 1. The van der Waals surface area contributed by atoms with Crippen molar-refractivity contribution in [1.29, 1.82) is 0 Å². The molecule has 0 radical (unpaired) electrons. The molecule has 3 nitrogen and oxygen atoms in total. The summed E-state index contributed by atoms with van der Waals surface area (Å²) in [5, 5.41) is 0. The first-order valence-electron chi connectivity index (χ1n) is 4.41. The van der Waals surface area contributed by atoms with Gasteiger partial charge in [-0.2, -0.15) is 0 Å². The van der Waals surface area contributed by atoms with Gasteiger partial charge >= 0.3 is 6.09 Å². The van der Waals surface area contributed by atoms with Crippen molar-refractivity contribution in [3.05, 3.63) is 0 Å². The molecule has 1 saturated heterocycles. The Morgan fingerprint density at radius 3 is 2.58 bits per heavy atom. The second-order valence-electron chi connectivity index (χ2n) is 4.41. The Bertz CT molecular complexity index is 172. The van der Waals surface area contributed by atoms with Crippen LogP contribution in [0.3, 0.4) is 0 Å². The minimum atomic E-state index is -0.153. The van der Waals surface area contributed by atoms with Crippen LogP contribution in [0.25, 0.3) is 0 Å². The van der Waals surface area contributed by atoms with E-state index in [2.05, 4.69) is 20.8 Å². The van der Waals surface area contributed by atoms with Crippen LogP contribution in [0.4, 0.5) is 4.79 Å². The average Bonchev–Trinajstić information content (AvgIpc) is 2.29. The van der Waals surface area contributed by atoms with E-state index in [1.54, 1.807) is 4.90 Å². The molecule has 1 rings (SSSR count). The Hall–Kier alpha value is -0.730. The van der Waals surface area contributed by atoms with Crippen LogP contribution >= 0.6 is 0 Å². The molecule has 0 aromatic heterocycles. The zero-order valence-electron chi connectivity index (χ0n) is 8.09. The van der Waals surface area contributed by atoms with Crippen LogP contribution in [-0.2, 0) is 4.74 Å². The molecule has 1 aliphatic heterocycles. The number of hydrogen-bond donors (Lipinski definition) is 0. The zero-order valence-corrected chi connectivity index (χ0v) is 8.09. The lowest BCUT2D eigenvalue weighted by atomic mass is 9.92. The van der Waals surface area contributed by atoms with Crippen molar-refractivity contribution in [2.45, 2.75) is 27.2 Å². The van der Waals surface area contributed by atoms with Crippen LogP contribution in [0.5, 0.6) is 0 Å². The molecule has 0 N–H and O–H groups in total. The van der Waals surface area contributed by atoms with Gasteiger partial charge in [-0.3, -0.25) is 0 Å². The first-order chi connectivity index (χ1) is 5.49. The molecule has 1 amide bonds. The predicted octanol–water partition coefficient (Wildman–Crippen LogP) is 1.87. The Kier molecular flexibility index (Phi) is 2.60. The summed E-state index contributed by atoms with van der Waals surface area (Å²) in [7, 11) is 0. The molecule has 3 heteroatoms. The lowest BCUT2D eigenvalue weighted by Gasteiger charge is -2.21. The number of carbonyl (C=O) groups excluding carboxylic acids is 1. The van der Waals surface area contributed by atoms with Gasteiger partial charge in [0.1, 0.15) is 6.61 Å². The highest BCUT2D eigenvalue weighted by atomic mass is 16.6. The molecule has 1 aliphatic rings. The molecule has 1 heterocycles. The summed E-state index contributed by atoms with van der Waals surface area (Å²) < 4.78 is 4.82. The van der Waals surface area contributed by atoms with Crippen LogP contribution in [0.2, 0.25) is 0 Å². The van der Waals surface area contributed by atoms with Gasteiger partial charge in [-0.15, -0.1) is 0 Å². The number of hydrogen-bond acceptors (Lipinski definition) is 2. The summed E-state index contributed by atoms with van der Waals surface area (Å²) in [5.74, 6) is 0. The van der Waals surface area contributed by atoms with Gasteiger partial charge < -0.3 is 9.64 Å². The van der Waals surface area contributed by atoms with Crippen molar-refractivity contribution in [2.75, 3.05) is 19.7 Å². The SMILES string of the molecule is CC(C)(C)CCN1CCOC1=O. The van der Waals surface area contributed by atoms with Gasteiger partial charge in [-0.05, 0) is 11.8 Å². The lowest BCUT2D eigenvalue weighted by Crippen LogP contribution is -2.28. The van der Waals surface area contributed by atoms with Crippen LogP contribution in [0, 0.1) is 5.41 Å². The number of ether oxygens (including phenoxy) is 1. The van der Waals surface area contributed by atoms with Crippen LogP contribution < -0.4 is 0 Å². The molecule has 0 saturated carbocycles. The maximum absolute atomic E-state index is 11.0. The molecule has 0 bridgehead atoms. The molecular formula is C9H17NO2. The molecule has 0 atom stereocenters. The van der Waals surface area contributed by atoms with Gasteiger partial charge in [0.2, 0.25) is 0 Å². The number of cyclic esters (lactones) is 1. The average molecular weight is 171 g/mol. The fourth-order valence-electron chi connectivity index (χ4n) is 1.10. The van der Waals surface area contributed by atoms with E-state index in [-0.39, 0.29) is 6.09 Å². The summed E-state index contributed by atoms with van der Waals surface area (Å²) in [6, 6.07) is 0. The second kappa shape index (κ2) is 3.33. The summed E-state index contributed by atoms with van der Waals surface area (Å²) in [6.07, 6.45) is 0.876. The standard InChI is InChI=1S/C9H17NO2/c1-9(2,3)4-5-10-6-7-12-8(10)11/h4-7H2,1-3H3.